The van der Waals surface area contributed by atoms with E-state index in [2.05, 4.69) is 36.2 Å². The van der Waals surface area contributed by atoms with Crippen molar-refractivity contribution in [3.05, 3.63) is 73.1 Å². The molecule has 202 valence electrons. The van der Waals surface area contributed by atoms with Crippen LogP contribution in [-0.4, -0.2) is 63.9 Å². The topological polar surface area (TPSA) is 118 Å². The number of H-pyrrole nitrogens is 1. The maximum Gasteiger partial charge on any atom is 0.413 e. The summed E-state index contributed by atoms with van der Waals surface area (Å²) in [4.78, 5) is 35.2. The van der Waals surface area contributed by atoms with E-state index in [1.54, 1.807) is 19.3 Å². The number of nitrogens with zero attached hydrogens (tertiary/aromatic N) is 5. The fraction of sp³-hybridized carbons (Fsp3) is 0.207. The van der Waals surface area contributed by atoms with Gasteiger partial charge in [0.2, 0.25) is 5.95 Å². The van der Waals surface area contributed by atoms with Gasteiger partial charge in [0.25, 0.3) is 0 Å². The van der Waals surface area contributed by atoms with E-state index in [4.69, 9.17) is 14.5 Å². The molecule has 0 radical (unpaired) electrons. The molecule has 2 N–H and O–H groups in total. The van der Waals surface area contributed by atoms with Crippen LogP contribution >= 0.6 is 0 Å². The van der Waals surface area contributed by atoms with Gasteiger partial charge >= 0.3 is 6.09 Å². The van der Waals surface area contributed by atoms with Crippen LogP contribution < -0.4 is 10.2 Å². The number of aromatic nitrogens is 5. The number of carbonyl (C=O) groups excluding carboxylic acids is 1. The number of rotatable bonds is 6. The van der Waals surface area contributed by atoms with Crippen LogP contribution in [0.5, 0.6) is 0 Å². The molecule has 10 nitrogen and oxygen atoms in total. The second kappa shape index (κ2) is 11.1. The van der Waals surface area contributed by atoms with E-state index >= 15 is 0 Å². The molecule has 6 rings (SSSR count). The number of hydrogen-bond acceptors (Lipinski definition) is 8. The summed E-state index contributed by atoms with van der Waals surface area (Å²) in [5.41, 5.74) is 6.00. The summed E-state index contributed by atoms with van der Waals surface area (Å²) in [6.07, 6.45) is 6.30. The number of carbonyl (C=O) groups is 1. The van der Waals surface area contributed by atoms with Crippen molar-refractivity contribution < 1.29 is 18.7 Å². The maximum atomic E-state index is 14.8. The summed E-state index contributed by atoms with van der Waals surface area (Å²) in [5.74, 6) is -0.297. The molecule has 0 unspecified atom stereocenters. The summed E-state index contributed by atoms with van der Waals surface area (Å²) in [6, 6.07) is 12.5. The Morgan fingerprint density at radius 1 is 1.07 bits per heavy atom. The van der Waals surface area contributed by atoms with Crippen LogP contribution in [0.3, 0.4) is 0 Å². The molecule has 0 bridgehead atoms. The number of halogens is 1. The van der Waals surface area contributed by atoms with Crippen LogP contribution in [0.4, 0.5) is 20.8 Å². The van der Waals surface area contributed by atoms with Crippen LogP contribution in [-0.2, 0) is 9.47 Å². The van der Waals surface area contributed by atoms with E-state index in [1.807, 2.05) is 30.5 Å². The number of morpholine rings is 1. The molecule has 1 fully saturated rings. The van der Waals surface area contributed by atoms with Crippen molar-refractivity contribution in [2.75, 3.05) is 43.1 Å². The molecule has 0 atom stereocenters. The third kappa shape index (κ3) is 5.19. The number of benzene rings is 1. The van der Waals surface area contributed by atoms with Gasteiger partial charge in [-0.25, -0.2) is 14.2 Å². The Bertz CT molecular complexity index is 1670. The monoisotopic (exact) mass is 539 g/mol. The van der Waals surface area contributed by atoms with E-state index in [1.165, 1.54) is 18.3 Å². The number of anilines is 2. The number of nitrogens with one attached hydrogen (secondary N) is 2. The number of amides is 1. The van der Waals surface area contributed by atoms with Crippen LogP contribution in [0.15, 0.2) is 67.3 Å². The number of imidazole rings is 1. The molecule has 4 aromatic heterocycles. The second-order valence-electron chi connectivity index (χ2n) is 9.15. The molecular formula is C29H26FN7O3. The highest BCUT2D eigenvalue weighted by Crippen LogP contribution is 2.34. The van der Waals surface area contributed by atoms with Gasteiger partial charge < -0.3 is 19.4 Å². The fourth-order valence-electron chi connectivity index (χ4n) is 4.67. The molecule has 1 amide bonds. The maximum absolute atomic E-state index is 14.8. The Morgan fingerprint density at radius 2 is 1.95 bits per heavy atom. The first kappa shape index (κ1) is 25.4. The zero-order chi connectivity index (χ0) is 27.5. The van der Waals surface area contributed by atoms with Crippen molar-refractivity contribution in [1.82, 2.24) is 24.9 Å². The molecule has 5 aromatic rings. The van der Waals surface area contributed by atoms with Gasteiger partial charge in [-0.1, -0.05) is 6.07 Å². The largest absolute Gasteiger partial charge is 0.450 e. The average Bonchev–Trinajstić information content (AvgIpc) is 3.40. The van der Waals surface area contributed by atoms with Gasteiger partial charge in [0.1, 0.15) is 17.0 Å². The van der Waals surface area contributed by atoms with Crippen molar-refractivity contribution >= 4 is 28.8 Å². The Kier molecular flexibility index (Phi) is 7.02. The lowest BCUT2D eigenvalue weighted by atomic mass is 10.00. The van der Waals surface area contributed by atoms with Gasteiger partial charge in [-0.15, -0.1) is 0 Å². The standard InChI is InChI=1S/C29H26FN7O3/c1-2-40-29(38)36-28-34-25-14-19(13-22(27(25)35-28)26-23(30)4-3-7-32-26)18-5-6-24(33-16-18)20-12-21(17-31-15-20)37-8-10-39-11-9-37/h3-7,12-17H,2,8-11H2,1H3,(H2,34,35,36,38). The number of aromatic amines is 1. The van der Waals surface area contributed by atoms with Gasteiger partial charge in [-0.05, 0) is 48.9 Å². The quantitative estimate of drug-likeness (QED) is 0.299. The Balaban J connectivity index is 1.36. The van der Waals surface area contributed by atoms with Crippen molar-refractivity contribution in [3.63, 3.8) is 0 Å². The first-order valence-electron chi connectivity index (χ1n) is 12.9. The second-order valence-corrected chi connectivity index (χ2v) is 9.15. The molecule has 1 aliphatic rings. The normalized spacial score (nSPS) is 13.4. The van der Waals surface area contributed by atoms with E-state index in [9.17, 15) is 9.18 Å². The molecule has 1 aliphatic heterocycles. The highest BCUT2D eigenvalue weighted by molar-refractivity contribution is 5.97. The molecule has 11 heteroatoms. The Hall–Kier alpha value is -4.90. The first-order valence-corrected chi connectivity index (χ1v) is 12.9. The molecular weight excluding hydrogens is 513 g/mol. The first-order chi connectivity index (χ1) is 19.6. The molecule has 0 aliphatic carbocycles. The molecule has 1 aromatic carbocycles. The van der Waals surface area contributed by atoms with Crippen LogP contribution in [0, 0.1) is 5.82 Å². The lowest BCUT2D eigenvalue weighted by Crippen LogP contribution is -2.36. The number of fused-ring (bicyclic) bond motifs is 1. The lowest BCUT2D eigenvalue weighted by molar-refractivity contribution is 0.122. The van der Waals surface area contributed by atoms with E-state index < -0.39 is 11.9 Å². The molecule has 5 heterocycles. The average molecular weight is 540 g/mol. The van der Waals surface area contributed by atoms with Crippen molar-refractivity contribution in [3.8, 4) is 33.6 Å². The Morgan fingerprint density at radius 3 is 2.73 bits per heavy atom. The summed E-state index contributed by atoms with van der Waals surface area (Å²) in [7, 11) is 0. The highest BCUT2D eigenvalue weighted by atomic mass is 19.1. The fourth-order valence-corrected chi connectivity index (χ4v) is 4.67. The van der Waals surface area contributed by atoms with Gasteiger partial charge in [0.15, 0.2) is 0 Å². The van der Waals surface area contributed by atoms with Gasteiger partial charge in [0.05, 0.1) is 42.9 Å². The van der Waals surface area contributed by atoms with E-state index in [-0.39, 0.29) is 18.2 Å². The SMILES string of the molecule is CCOC(=O)Nc1nc2c(-c3ncccc3F)cc(-c3ccc(-c4cncc(N5CCOCC5)c4)nc3)cc2[nH]1. The molecule has 1 saturated heterocycles. The van der Waals surface area contributed by atoms with Gasteiger partial charge in [-0.2, -0.15) is 0 Å². The lowest BCUT2D eigenvalue weighted by Gasteiger charge is -2.28. The smallest absolute Gasteiger partial charge is 0.413 e. The van der Waals surface area contributed by atoms with E-state index in [0.717, 1.165) is 41.2 Å². The van der Waals surface area contributed by atoms with Gasteiger partial charge in [0, 0.05) is 48.4 Å². The minimum Gasteiger partial charge on any atom is -0.450 e. The van der Waals surface area contributed by atoms with Crippen molar-refractivity contribution in [2.24, 2.45) is 0 Å². The third-order valence-electron chi connectivity index (χ3n) is 6.59. The molecule has 0 spiro atoms. The number of pyridine rings is 3. The Labute approximate surface area is 229 Å². The van der Waals surface area contributed by atoms with Crippen molar-refractivity contribution in [2.45, 2.75) is 6.92 Å². The predicted molar refractivity (Wildman–Crippen MR) is 149 cm³/mol. The van der Waals surface area contributed by atoms with Crippen molar-refractivity contribution in [1.29, 1.82) is 0 Å². The molecule has 0 saturated carbocycles. The van der Waals surface area contributed by atoms with E-state index in [0.29, 0.717) is 29.8 Å². The third-order valence-corrected chi connectivity index (χ3v) is 6.59. The predicted octanol–water partition coefficient (Wildman–Crippen LogP) is 5.29. The zero-order valence-corrected chi connectivity index (χ0v) is 21.7. The number of ether oxygens (including phenoxy) is 2. The minimum atomic E-state index is -0.640. The van der Waals surface area contributed by atoms with Crippen LogP contribution in [0.1, 0.15) is 6.92 Å². The summed E-state index contributed by atoms with van der Waals surface area (Å²) >= 11 is 0. The summed E-state index contributed by atoms with van der Waals surface area (Å²) in [6.45, 7) is 4.97. The zero-order valence-electron chi connectivity index (χ0n) is 21.7. The summed E-state index contributed by atoms with van der Waals surface area (Å²) < 4.78 is 25.3. The van der Waals surface area contributed by atoms with Gasteiger partial charge in [-0.3, -0.25) is 20.3 Å². The van der Waals surface area contributed by atoms with Crippen LogP contribution in [0.2, 0.25) is 0 Å². The van der Waals surface area contributed by atoms with Crippen LogP contribution in [0.25, 0.3) is 44.7 Å². The highest BCUT2D eigenvalue weighted by Gasteiger charge is 2.18. The molecule has 40 heavy (non-hydrogen) atoms. The summed E-state index contributed by atoms with van der Waals surface area (Å²) in [5, 5.41) is 2.57. The minimum absolute atomic E-state index is 0.152. The number of hydrogen-bond donors (Lipinski definition) is 2.